The van der Waals surface area contributed by atoms with E-state index in [4.69, 9.17) is 0 Å². The standard InChI is InChI=1S/C15H11BrFNO2/c16-12-6-11(7-13(17)8-12)15(20)18-9-14(19)10-4-2-1-3-5-10/h1-8H,9H2,(H,18,20). The monoisotopic (exact) mass is 335 g/mol. The summed E-state index contributed by atoms with van der Waals surface area (Å²) in [7, 11) is 0. The molecule has 1 amide bonds. The molecule has 2 aromatic carbocycles. The van der Waals surface area contributed by atoms with Crippen LogP contribution in [0.2, 0.25) is 0 Å². The van der Waals surface area contributed by atoms with Crippen LogP contribution in [0.15, 0.2) is 53.0 Å². The Morgan fingerprint density at radius 1 is 1.05 bits per heavy atom. The molecule has 0 saturated carbocycles. The summed E-state index contributed by atoms with van der Waals surface area (Å²) in [6, 6.07) is 12.5. The number of rotatable bonds is 4. The van der Waals surface area contributed by atoms with E-state index in [9.17, 15) is 14.0 Å². The predicted octanol–water partition coefficient (Wildman–Crippen LogP) is 3.20. The minimum absolute atomic E-state index is 0.128. The molecule has 0 aliphatic carbocycles. The largest absolute Gasteiger partial charge is 0.345 e. The number of carbonyl (C=O) groups excluding carboxylic acids is 2. The molecule has 0 saturated heterocycles. The molecule has 0 fully saturated rings. The van der Waals surface area contributed by atoms with Crippen molar-refractivity contribution in [2.45, 2.75) is 0 Å². The maximum Gasteiger partial charge on any atom is 0.251 e. The van der Waals surface area contributed by atoms with Crippen molar-refractivity contribution in [3.8, 4) is 0 Å². The van der Waals surface area contributed by atoms with Crippen molar-refractivity contribution in [2.75, 3.05) is 6.54 Å². The molecule has 0 aliphatic heterocycles. The van der Waals surface area contributed by atoms with Gasteiger partial charge in [-0.3, -0.25) is 9.59 Å². The average Bonchev–Trinajstić information content (AvgIpc) is 2.44. The Morgan fingerprint density at radius 3 is 2.40 bits per heavy atom. The quantitative estimate of drug-likeness (QED) is 0.872. The second-order valence-electron chi connectivity index (χ2n) is 4.13. The third kappa shape index (κ3) is 3.74. The number of hydrogen-bond acceptors (Lipinski definition) is 2. The molecule has 0 heterocycles. The Kier molecular flexibility index (Phi) is 4.63. The molecule has 2 aromatic rings. The second-order valence-corrected chi connectivity index (χ2v) is 5.05. The van der Waals surface area contributed by atoms with E-state index in [1.54, 1.807) is 30.3 Å². The molecule has 20 heavy (non-hydrogen) atoms. The normalized spacial score (nSPS) is 10.1. The van der Waals surface area contributed by atoms with Crippen LogP contribution in [-0.2, 0) is 0 Å². The van der Waals surface area contributed by atoms with E-state index in [2.05, 4.69) is 21.2 Å². The van der Waals surface area contributed by atoms with Crippen LogP contribution >= 0.6 is 15.9 Å². The van der Waals surface area contributed by atoms with Gasteiger partial charge in [0.05, 0.1) is 6.54 Å². The molecular weight excluding hydrogens is 325 g/mol. The molecule has 0 spiro atoms. The molecule has 0 aliphatic rings. The van der Waals surface area contributed by atoms with Crippen molar-refractivity contribution < 1.29 is 14.0 Å². The highest BCUT2D eigenvalue weighted by molar-refractivity contribution is 9.10. The van der Waals surface area contributed by atoms with Crippen LogP contribution < -0.4 is 5.32 Å². The topological polar surface area (TPSA) is 46.2 Å². The van der Waals surface area contributed by atoms with Gasteiger partial charge in [0.25, 0.3) is 5.91 Å². The van der Waals surface area contributed by atoms with Crippen LogP contribution in [0.1, 0.15) is 20.7 Å². The van der Waals surface area contributed by atoms with Gasteiger partial charge in [-0.1, -0.05) is 46.3 Å². The smallest absolute Gasteiger partial charge is 0.251 e. The average molecular weight is 336 g/mol. The lowest BCUT2D eigenvalue weighted by atomic mass is 10.1. The number of amides is 1. The zero-order valence-electron chi connectivity index (χ0n) is 10.4. The van der Waals surface area contributed by atoms with Crippen LogP contribution in [-0.4, -0.2) is 18.2 Å². The van der Waals surface area contributed by atoms with E-state index in [0.29, 0.717) is 10.0 Å². The number of halogens is 2. The van der Waals surface area contributed by atoms with Gasteiger partial charge in [-0.15, -0.1) is 0 Å². The van der Waals surface area contributed by atoms with Crippen molar-refractivity contribution in [3.05, 3.63) is 69.9 Å². The van der Waals surface area contributed by atoms with Gasteiger partial charge in [0, 0.05) is 15.6 Å². The molecule has 0 atom stereocenters. The summed E-state index contributed by atoms with van der Waals surface area (Å²) in [6.45, 7) is -0.128. The van der Waals surface area contributed by atoms with Crippen LogP contribution in [0, 0.1) is 5.82 Å². The Bertz CT molecular complexity index is 623. The molecular formula is C15H11BrFNO2. The van der Waals surface area contributed by atoms with E-state index in [-0.39, 0.29) is 17.9 Å². The molecule has 3 nitrogen and oxygen atoms in total. The van der Waals surface area contributed by atoms with Crippen molar-refractivity contribution >= 4 is 27.6 Å². The minimum atomic E-state index is -0.515. The van der Waals surface area contributed by atoms with Crippen molar-refractivity contribution in [1.82, 2.24) is 5.32 Å². The summed E-state index contributed by atoms with van der Waals surface area (Å²) in [6.07, 6.45) is 0. The van der Waals surface area contributed by atoms with E-state index < -0.39 is 11.7 Å². The first kappa shape index (κ1) is 14.4. The Hall–Kier alpha value is -2.01. The number of carbonyl (C=O) groups is 2. The SMILES string of the molecule is O=C(CNC(=O)c1cc(F)cc(Br)c1)c1ccccc1. The van der Waals surface area contributed by atoms with E-state index in [0.717, 1.165) is 6.07 Å². The van der Waals surface area contributed by atoms with E-state index in [1.807, 2.05) is 0 Å². The number of nitrogens with one attached hydrogen (secondary N) is 1. The van der Waals surface area contributed by atoms with Crippen LogP contribution in [0.5, 0.6) is 0 Å². The number of benzene rings is 2. The third-order valence-corrected chi connectivity index (χ3v) is 3.09. The third-order valence-electron chi connectivity index (χ3n) is 2.63. The van der Waals surface area contributed by atoms with E-state index in [1.165, 1.54) is 12.1 Å². The molecule has 0 unspecified atom stereocenters. The molecule has 5 heteroatoms. The van der Waals surface area contributed by atoms with Crippen LogP contribution in [0.25, 0.3) is 0 Å². The van der Waals surface area contributed by atoms with Gasteiger partial charge in [0.2, 0.25) is 0 Å². The van der Waals surface area contributed by atoms with Gasteiger partial charge in [-0.2, -0.15) is 0 Å². The Balaban J connectivity index is 2.00. The molecule has 1 N–H and O–H groups in total. The minimum Gasteiger partial charge on any atom is -0.345 e. The lowest BCUT2D eigenvalue weighted by molar-refractivity contribution is 0.0904. The number of Topliss-reactive ketones (excluding diaryl/α,β-unsaturated/α-hetero) is 1. The first-order valence-corrected chi connectivity index (χ1v) is 6.68. The molecule has 2 rings (SSSR count). The van der Waals surface area contributed by atoms with Crippen molar-refractivity contribution in [2.24, 2.45) is 0 Å². The lowest BCUT2D eigenvalue weighted by Gasteiger charge is -2.05. The van der Waals surface area contributed by atoms with Crippen LogP contribution in [0.4, 0.5) is 4.39 Å². The summed E-state index contributed by atoms with van der Waals surface area (Å²) < 4.78 is 13.6. The van der Waals surface area contributed by atoms with Crippen molar-refractivity contribution in [1.29, 1.82) is 0 Å². The van der Waals surface area contributed by atoms with Gasteiger partial charge in [-0.05, 0) is 18.2 Å². The summed E-state index contributed by atoms with van der Waals surface area (Å²) in [4.78, 5) is 23.7. The van der Waals surface area contributed by atoms with Crippen molar-refractivity contribution in [3.63, 3.8) is 0 Å². The second kappa shape index (κ2) is 6.43. The molecule has 102 valence electrons. The van der Waals surface area contributed by atoms with Gasteiger partial charge >= 0.3 is 0 Å². The fraction of sp³-hybridized carbons (Fsp3) is 0.0667. The highest BCUT2D eigenvalue weighted by Crippen LogP contribution is 2.14. The summed E-state index contributed by atoms with van der Waals surface area (Å²) in [5, 5.41) is 2.48. The van der Waals surface area contributed by atoms with Gasteiger partial charge in [0.1, 0.15) is 5.82 Å². The lowest BCUT2D eigenvalue weighted by Crippen LogP contribution is -2.29. The maximum atomic E-state index is 13.2. The van der Waals surface area contributed by atoms with Gasteiger partial charge in [-0.25, -0.2) is 4.39 Å². The predicted molar refractivity (Wildman–Crippen MR) is 77.2 cm³/mol. The van der Waals surface area contributed by atoms with E-state index >= 15 is 0 Å². The number of hydrogen-bond donors (Lipinski definition) is 1. The van der Waals surface area contributed by atoms with Crippen LogP contribution in [0.3, 0.4) is 0 Å². The Labute approximate surface area is 123 Å². The molecule has 0 radical (unpaired) electrons. The van der Waals surface area contributed by atoms with Gasteiger partial charge < -0.3 is 5.32 Å². The molecule has 0 aromatic heterocycles. The fourth-order valence-corrected chi connectivity index (χ4v) is 2.14. The number of ketones is 1. The summed E-state index contributed by atoms with van der Waals surface area (Å²) in [5.41, 5.74) is 0.686. The summed E-state index contributed by atoms with van der Waals surface area (Å²) in [5.74, 6) is -1.21. The van der Waals surface area contributed by atoms with Gasteiger partial charge in [0.15, 0.2) is 5.78 Å². The fourth-order valence-electron chi connectivity index (χ4n) is 1.67. The maximum absolute atomic E-state index is 13.2. The summed E-state index contributed by atoms with van der Waals surface area (Å²) >= 11 is 3.11. The Morgan fingerprint density at radius 2 is 1.75 bits per heavy atom. The first-order valence-electron chi connectivity index (χ1n) is 5.89. The zero-order chi connectivity index (χ0) is 14.5. The highest BCUT2D eigenvalue weighted by Gasteiger charge is 2.11. The first-order chi connectivity index (χ1) is 9.56. The zero-order valence-corrected chi connectivity index (χ0v) is 12.0. The molecule has 0 bridgehead atoms. The highest BCUT2D eigenvalue weighted by atomic mass is 79.9.